The van der Waals surface area contributed by atoms with Crippen molar-refractivity contribution in [1.29, 1.82) is 0 Å². The lowest BCUT2D eigenvalue weighted by Crippen LogP contribution is -2.27. The molecule has 0 atom stereocenters. The molecule has 42 valence electrons. The first-order valence-electron chi connectivity index (χ1n) is 1.57. The van der Waals surface area contributed by atoms with Gasteiger partial charge in [-0.25, -0.2) is 10.6 Å². The molecule has 0 saturated carbocycles. The van der Waals surface area contributed by atoms with Gasteiger partial charge in [-0.15, -0.1) is 0 Å². The Morgan fingerprint density at radius 1 is 2.00 bits per heavy atom. The van der Waals surface area contributed by atoms with Gasteiger partial charge in [0, 0.05) is 0 Å². The number of aliphatic hydroxyl groups is 1. The summed E-state index contributed by atoms with van der Waals surface area (Å²) in [5, 5.41) is 7.90. The van der Waals surface area contributed by atoms with E-state index in [1.807, 2.05) is 0 Å². The highest BCUT2D eigenvalue weighted by Crippen LogP contribution is 1.62. The van der Waals surface area contributed by atoms with Crippen LogP contribution in [0, 0.1) is 0 Å². The third-order valence-electron chi connectivity index (χ3n) is 0.302. The number of aliphatic hydroxyl groups excluding tert-OH is 1. The van der Waals surface area contributed by atoms with Crippen molar-refractivity contribution < 1.29 is 14.7 Å². The minimum atomic E-state index is -0.803. The van der Waals surface area contributed by atoms with Gasteiger partial charge in [-0.3, -0.25) is 0 Å². The Kier molecular flexibility index (Phi) is 3.21. The molecule has 0 radical (unpaired) electrons. The topological polar surface area (TPSA) is 84.6 Å². The lowest BCUT2D eigenvalue weighted by molar-refractivity contribution is -0.154. The van der Waals surface area contributed by atoms with E-state index in [0.29, 0.717) is 0 Å². The van der Waals surface area contributed by atoms with E-state index in [0.717, 1.165) is 0 Å². The molecule has 0 saturated heterocycles. The molecule has 0 aliphatic carbocycles. The van der Waals surface area contributed by atoms with Crippen molar-refractivity contribution in [2.24, 2.45) is 5.84 Å². The SMILES string of the molecule is NNOC(=O)CO. The molecule has 0 aliphatic heterocycles. The second kappa shape index (κ2) is 3.54. The molecular formula is C2H6N2O3. The molecule has 5 heteroatoms. The van der Waals surface area contributed by atoms with E-state index in [2.05, 4.69) is 10.7 Å². The van der Waals surface area contributed by atoms with Crippen LogP contribution in [-0.2, 0) is 9.63 Å². The summed E-state index contributed by atoms with van der Waals surface area (Å²) in [7, 11) is 0. The lowest BCUT2D eigenvalue weighted by atomic mass is 10.8. The fourth-order valence-corrected chi connectivity index (χ4v) is 0.0980. The predicted octanol–water partition coefficient (Wildman–Crippen LogP) is -2.10. The zero-order chi connectivity index (χ0) is 5.70. The average molecular weight is 106 g/mol. The van der Waals surface area contributed by atoms with Gasteiger partial charge in [-0.1, -0.05) is 5.59 Å². The predicted molar refractivity (Wildman–Crippen MR) is 20.5 cm³/mol. The van der Waals surface area contributed by atoms with Crippen LogP contribution in [0.2, 0.25) is 0 Å². The number of hydrogen-bond donors (Lipinski definition) is 3. The Hall–Kier alpha value is -0.650. The van der Waals surface area contributed by atoms with Gasteiger partial charge in [0.25, 0.3) is 0 Å². The van der Waals surface area contributed by atoms with Gasteiger partial charge < -0.3 is 9.94 Å². The Labute approximate surface area is 40.0 Å². The molecule has 7 heavy (non-hydrogen) atoms. The van der Waals surface area contributed by atoms with Crippen LogP contribution in [0.15, 0.2) is 0 Å². The zero-order valence-electron chi connectivity index (χ0n) is 3.55. The van der Waals surface area contributed by atoms with Gasteiger partial charge in [0.2, 0.25) is 0 Å². The van der Waals surface area contributed by atoms with Crippen molar-refractivity contribution in [2.75, 3.05) is 6.61 Å². The van der Waals surface area contributed by atoms with E-state index >= 15 is 0 Å². The molecule has 0 fully saturated rings. The maximum Gasteiger partial charge on any atom is 0.351 e. The van der Waals surface area contributed by atoms with Gasteiger partial charge in [0.1, 0.15) is 6.61 Å². The standard InChI is InChI=1S/C2H6N2O3/c3-4-7-2(6)1-5/h4-5H,1,3H2. The molecular weight excluding hydrogens is 100 g/mol. The Balaban J connectivity index is 3.00. The molecule has 0 aromatic carbocycles. The van der Waals surface area contributed by atoms with E-state index < -0.39 is 12.6 Å². The highest BCUT2D eigenvalue weighted by molar-refractivity contribution is 5.69. The van der Waals surface area contributed by atoms with Gasteiger partial charge in [-0.05, 0) is 0 Å². The van der Waals surface area contributed by atoms with Crippen molar-refractivity contribution in [1.82, 2.24) is 5.59 Å². The third kappa shape index (κ3) is 3.17. The lowest BCUT2D eigenvalue weighted by Gasteiger charge is -1.93. The summed E-state index contributed by atoms with van der Waals surface area (Å²) in [4.78, 5) is 13.6. The van der Waals surface area contributed by atoms with Crippen molar-refractivity contribution in [3.05, 3.63) is 0 Å². The molecule has 0 amide bonds. The zero-order valence-corrected chi connectivity index (χ0v) is 3.55. The molecule has 0 spiro atoms. The monoisotopic (exact) mass is 106 g/mol. The summed E-state index contributed by atoms with van der Waals surface area (Å²) >= 11 is 0. The largest absolute Gasteiger partial charge is 0.385 e. The van der Waals surface area contributed by atoms with Crippen molar-refractivity contribution in [2.45, 2.75) is 0 Å². The molecule has 4 N–H and O–H groups in total. The first kappa shape index (κ1) is 6.35. The highest BCUT2D eigenvalue weighted by Gasteiger charge is 1.93. The molecule has 0 aliphatic rings. The van der Waals surface area contributed by atoms with Crippen molar-refractivity contribution in [3.63, 3.8) is 0 Å². The van der Waals surface area contributed by atoms with Gasteiger partial charge >= 0.3 is 5.97 Å². The number of rotatable bonds is 2. The second-order valence-electron chi connectivity index (χ2n) is 0.750. The fourth-order valence-electron chi connectivity index (χ4n) is 0.0980. The van der Waals surface area contributed by atoms with E-state index in [9.17, 15) is 4.79 Å². The first-order chi connectivity index (χ1) is 3.31. The summed E-state index contributed by atoms with van der Waals surface area (Å²) in [6.45, 7) is -0.663. The number of nitrogens with one attached hydrogen (secondary N) is 1. The van der Waals surface area contributed by atoms with Gasteiger partial charge in [0.15, 0.2) is 0 Å². The molecule has 0 aromatic rings. The maximum absolute atomic E-state index is 9.80. The van der Waals surface area contributed by atoms with E-state index in [1.165, 1.54) is 0 Å². The Bertz CT molecular complexity index is 64.0. The van der Waals surface area contributed by atoms with Gasteiger partial charge in [0.05, 0.1) is 0 Å². The normalized spacial score (nSPS) is 8.29. The molecule has 0 unspecified atom stereocenters. The Morgan fingerprint density at radius 3 is 2.71 bits per heavy atom. The summed E-state index contributed by atoms with van der Waals surface area (Å²) in [6, 6.07) is 0. The molecule has 5 nitrogen and oxygen atoms in total. The fraction of sp³-hybridized carbons (Fsp3) is 0.500. The molecule has 0 rings (SSSR count). The van der Waals surface area contributed by atoms with Crippen molar-refractivity contribution >= 4 is 5.97 Å². The molecule has 0 aromatic heterocycles. The minimum absolute atomic E-state index is 0.663. The van der Waals surface area contributed by atoms with E-state index in [-0.39, 0.29) is 0 Å². The van der Waals surface area contributed by atoms with Crippen LogP contribution in [0.3, 0.4) is 0 Å². The minimum Gasteiger partial charge on any atom is -0.385 e. The van der Waals surface area contributed by atoms with Crippen LogP contribution < -0.4 is 11.4 Å². The number of nitrogens with two attached hydrogens (primary N) is 1. The molecule has 0 bridgehead atoms. The van der Waals surface area contributed by atoms with Gasteiger partial charge in [-0.2, -0.15) is 0 Å². The van der Waals surface area contributed by atoms with E-state index in [4.69, 9.17) is 5.11 Å². The second-order valence-corrected chi connectivity index (χ2v) is 0.750. The number of hydrazine groups is 1. The summed E-state index contributed by atoms with van der Waals surface area (Å²) in [6.07, 6.45) is 0. The Morgan fingerprint density at radius 2 is 2.57 bits per heavy atom. The average Bonchev–Trinajstić information content (AvgIpc) is 1.68. The maximum atomic E-state index is 9.80. The third-order valence-corrected chi connectivity index (χ3v) is 0.302. The number of hydrogen-bond acceptors (Lipinski definition) is 5. The summed E-state index contributed by atoms with van der Waals surface area (Å²) in [5.41, 5.74) is 1.61. The first-order valence-corrected chi connectivity index (χ1v) is 1.57. The number of carbonyl (C=O) groups is 1. The van der Waals surface area contributed by atoms with Crippen LogP contribution in [0.1, 0.15) is 0 Å². The van der Waals surface area contributed by atoms with Crippen LogP contribution in [-0.4, -0.2) is 17.7 Å². The number of carbonyl (C=O) groups excluding carboxylic acids is 1. The van der Waals surface area contributed by atoms with Crippen LogP contribution in [0.4, 0.5) is 0 Å². The van der Waals surface area contributed by atoms with Crippen LogP contribution in [0.25, 0.3) is 0 Å². The molecule has 0 heterocycles. The van der Waals surface area contributed by atoms with Crippen LogP contribution >= 0.6 is 0 Å². The quantitative estimate of drug-likeness (QED) is 0.277. The summed E-state index contributed by atoms with van der Waals surface area (Å²) in [5.74, 6) is 3.70. The highest BCUT2D eigenvalue weighted by atomic mass is 16.7. The van der Waals surface area contributed by atoms with Crippen molar-refractivity contribution in [3.8, 4) is 0 Å². The van der Waals surface area contributed by atoms with Crippen LogP contribution in [0.5, 0.6) is 0 Å². The smallest absolute Gasteiger partial charge is 0.351 e. The summed E-state index contributed by atoms with van der Waals surface area (Å²) < 4.78 is 0. The van der Waals surface area contributed by atoms with E-state index in [1.54, 1.807) is 5.59 Å².